The van der Waals surface area contributed by atoms with Crippen LogP contribution in [0.4, 0.5) is 0 Å². The van der Waals surface area contributed by atoms with E-state index >= 15 is 0 Å². The molecule has 1 aliphatic carbocycles. The topological polar surface area (TPSA) is 0 Å². The minimum atomic E-state index is -2.99. The number of allylic oxidation sites excluding steroid dienone is 4. The molecule has 5 heteroatoms. The van der Waals surface area contributed by atoms with Gasteiger partial charge in [-0.05, 0) is 69.7 Å². The zero-order chi connectivity index (χ0) is 34.3. The van der Waals surface area contributed by atoms with Crippen LogP contribution in [0.25, 0.3) is 33.4 Å². The second kappa shape index (κ2) is 17.8. The Kier molecular flexibility index (Phi) is 14.8. The zero-order valence-corrected chi connectivity index (χ0v) is 36.3. The molecule has 0 bridgehead atoms. The van der Waals surface area contributed by atoms with Crippen LogP contribution in [-0.4, -0.2) is 8.07 Å². The van der Waals surface area contributed by atoms with Gasteiger partial charge in [0.05, 0.1) is 0 Å². The van der Waals surface area contributed by atoms with Gasteiger partial charge in [-0.15, -0.1) is 6.92 Å². The van der Waals surface area contributed by atoms with E-state index in [-0.39, 0.29) is 64.0 Å². The van der Waals surface area contributed by atoms with Crippen molar-refractivity contribution in [1.82, 2.24) is 0 Å². The minimum absolute atomic E-state index is 0. The molecule has 1 aliphatic rings. The number of halogens is 3. The molecule has 6 aromatic carbocycles. The van der Waals surface area contributed by atoms with Crippen LogP contribution in [0.3, 0.4) is 0 Å². The van der Waals surface area contributed by atoms with Crippen LogP contribution in [0.15, 0.2) is 162 Å². The van der Waals surface area contributed by atoms with Crippen molar-refractivity contribution in [2.75, 3.05) is 0 Å². The summed E-state index contributed by atoms with van der Waals surface area (Å²) in [5.41, 5.74) is 15.4. The molecular formula is C48H45Cl3SiTi. The monoisotopic (exact) mass is 802 g/mol. The molecule has 7 rings (SSSR count). The quantitative estimate of drug-likeness (QED) is 0.132. The number of hydrogen-bond donors (Lipinski definition) is 0. The average molecular weight is 804 g/mol. The second-order valence-corrected chi connectivity index (χ2v) is 18.5. The van der Waals surface area contributed by atoms with Crippen molar-refractivity contribution >= 4 is 23.6 Å². The molecule has 266 valence electrons. The molecule has 1 unspecified atom stereocenters. The summed E-state index contributed by atoms with van der Waals surface area (Å²) in [7, 11) is -2.99. The van der Waals surface area contributed by atoms with E-state index in [0.29, 0.717) is 0 Å². The molecule has 0 radical (unpaired) electrons. The summed E-state index contributed by atoms with van der Waals surface area (Å²) in [4.78, 5) is 0. The Bertz CT molecular complexity index is 2070. The largest absolute Gasteiger partial charge is 4.00 e. The molecule has 0 saturated carbocycles. The summed E-state index contributed by atoms with van der Waals surface area (Å²) >= 11 is 0. The van der Waals surface area contributed by atoms with Gasteiger partial charge in [-0.3, -0.25) is 6.08 Å². The Morgan fingerprint density at radius 3 is 0.962 bits per heavy atom. The average Bonchev–Trinajstić information content (AvgIpc) is 3.31. The van der Waals surface area contributed by atoms with E-state index in [1.165, 1.54) is 82.4 Å². The Hall–Kier alpha value is -3.40. The molecule has 0 aliphatic heterocycles. The van der Waals surface area contributed by atoms with Gasteiger partial charge in [-0.25, -0.2) is 5.57 Å². The van der Waals surface area contributed by atoms with Gasteiger partial charge in [0.1, 0.15) is 8.07 Å². The van der Waals surface area contributed by atoms with E-state index < -0.39 is 8.07 Å². The summed E-state index contributed by atoms with van der Waals surface area (Å²) < 4.78 is 0. The third-order valence-electron chi connectivity index (χ3n) is 11.0. The fraction of sp³-hybridized carbons (Fsp3) is 0.167. The van der Waals surface area contributed by atoms with Crippen LogP contribution in [0.2, 0.25) is 5.04 Å². The van der Waals surface area contributed by atoms with E-state index in [2.05, 4.69) is 200 Å². The Morgan fingerprint density at radius 2 is 0.698 bits per heavy atom. The van der Waals surface area contributed by atoms with Crippen molar-refractivity contribution in [1.29, 1.82) is 0 Å². The van der Waals surface area contributed by atoms with Crippen molar-refractivity contribution in [3.05, 3.63) is 185 Å². The molecule has 0 amide bonds. The van der Waals surface area contributed by atoms with Gasteiger partial charge in [0.25, 0.3) is 0 Å². The Labute approximate surface area is 352 Å². The molecule has 0 spiro atoms. The number of benzene rings is 6. The van der Waals surface area contributed by atoms with E-state index in [1.54, 1.807) is 0 Å². The smallest absolute Gasteiger partial charge is 1.00 e. The normalized spacial score (nSPS) is 15.0. The maximum atomic E-state index is 4.18. The van der Waals surface area contributed by atoms with Gasteiger partial charge in [0.15, 0.2) is 0 Å². The van der Waals surface area contributed by atoms with Gasteiger partial charge in [-0.2, -0.15) is 11.1 Å². The summed E-state index contributed by atoms with van der Waals surface area (Å²) in [5, 5.41) is 3.84. The van der Waals surface area contributed by atoms with Crippen LogP contribution >= 0.6 is 0 Å². The first-order chi connectivity index (χ1) is 23.6. The minimum Gasteiger partial charge on any atom is -1.00 e. The summed E-state index contributed by atoms with van der Waals surface area (Å²) in [6, 6.07) is 55.1. The van der Waals surface area contributed by atoms with Crippen molar-refractivity contribution in [3.63, 3.8) is 0 Å². The van der Waals surface area contributed by atoms with E-state index in [9.17, 15) is 0 Å². The molecule has 6 aromatic rings. The zero-order valence-electron chi connectivity index (χ0n) is 31.5. The maximum absolute atomic E-state index is 4.18. The van der Waals surface area contributed by atoms with E-state index in [1.807, 2.05) is 0 Å². The SMILES string of the molecule is CC1=[C-]C(C)([Si](c2cccc(-c3cccc(C)c3)c2)(c2cccc(-c3cccc(C)c3)c2)c2cccc(-c3cccc(C)c3)c2)C(C)=C1C.[Cl-].[Cl-].[Cl-].[Ti+4]. The fourth-order valence-electron chi connectivity index (χ4n) is 8.23. The molecule has 1 atom stereocenters. The molecule has 0 nitrogen and oxygen atoms in total. The van der Waals surface area contributed by atoms with Crippen LogP contribution in [0.1, 0.15) is 44.4 Å². The first-order valence-corrected chi connectivity index (χ1v) is 19.4. The first-order valence-electron chi connectivity index (χ1n) is 17.4. The predicted molar refractivity (Wildman–Crippen MR) is 214 cm³/mol. The molecule has 0 aromatic heterocycles. The second-order valence-electron chi connectivity index (χ2n) is 14.2. The Balaban J connectivity index is 0.00000189. The van der Waals surface area contributed by atoms with Gasteiger partial charge >= 0.3 is 21.7 Å². The maximum Gasteiger partial charge on any atom is 4.00 e. The molecule has 0 N–H and O–H groups in total. The van der Waals surface area contributed by atoms with Crippen LogP contribution in [0.5, 0.6) is 0 Å². The molecule has 53 heavy (non-hydrogen) atoms. The van der Waals surface area contributed by atoms with Gasteiger partial charge in [0.2, 0.25) is 0 Å². The van der Waals surface area contributed by atoms with Crippen molar-refractivity contribution in [3.8, 4) is 33.4 Å². The van der Waals surface area contributed by atoms with Crippen molar-refractivity contribution < 1.29 is 58.9 Å². The summed E-state index contributed by atoms with van der Waals surface area (Å²) in [6.07, 6.45) is 4.18. The standard InChI is InChI=1S/C48H45Si.3ClH.Ti/c1-33-14-8-17-39(26-33)42-20-11-23-45(29-42)49(48(7)32-36(4)37(5)38(48)6,46-24-12-21-43(30-46)40-18-9-15-34(2)27-40)47-25-13-22-44(31-47)41-19-10-16-35(3)28-41;;;;/h8-31H,1-7H3;3*1H;/q-1;;;;+4/p-3. The number of rotatable bonds is 7. The third kappa shape index (κ3) is 8.04. The third-order valence-corrected chi connectivity index (χ3v) is 16.5. The van der Waals surface area contributed by atoms with Crippen molar-refractivity contribution in [2.24, 2.45) is 0 Å². The summed E-state index contributed by atoms with van der Waals surface area (Å²) in [5.74, 6) is 0. The van der Waals surface area contributed by atoms with Gasteiger partial charge in [0, 0.05) is 0 Å². The van der Waals surface area contributed by atoms with E-state index in [0.717, 1.165) is 0 Å². The van der Waals surface area contributed by atoms with Crippen LogP contribution in [-0.2, 0) is 21.7 Å². The predicted octanol–water partition coefficient (Wildman–Crippen LogP) is 1.95. The fourth-order valence-corrected chi connectivity index (χ4v) is 14.2. The van der Waals surface area contributed by atoms with Crippen molar-refractivity contribution in [2.45, 2.75) is 53.5 Å². The van der Waals surface area contributed by atoms with Gasteiger partial charge < -0.3 is 37.2 Å². The molecular weight excluding hydrogens is 759 g/mol. The Morgan fingerprint density at radius 1 is 0.415 bits per heavy atom. The molecule has 0 saturated heterocycles. The first kappa shape index (κ1) is 44.0. The van der Waals surface area contributed by atoms with Gasteiger partial charge in [-0.1, -0.05) is 188 Å². The van der Waals surface area contributed by atoms with E-state index in [4.69, 9.17) is 0 Å². The van der Waals surface area contributed by atoms with Crippen LogP contribution < -0.4 is 52.8 Å². The molecule has 0 heterocycles. The van der Waals surface area contributed by atoms with Crippen LogP contribution in [0, 0.1) is 26.8 Å². The number of aryl methyl sites for hydroxylation is 3. The summed E-state index contributed by atoms with van der Waals surface area (Å²) in [6.45, 7) is 15.9. The number of hydrogen-bond acceptors (Lipinski definition) is 0. The molecule has 0 fully saturated rings.